The Morgan fingerprint density at radius 2 is 1.73 bits per heavy atom. The van der Waals surface area contributed by atoms with Crippen molar-refractivity contribution in [3.05, 3.63) is 69.6 Å². The van der Waals surface area contributed by atoms with Crippen molar-refractivity contribution in [2.24, 2.45) is 12.8 Å². The molecule has 0 saturated carbocycles. The van der Waals surface area contributed by atoms with Gasteiger partial charge in [0.05, 0.1) is 29.8 Å². The lowest BCUT2D eigenvalue weighted by molar-refractivity contribution is -0.135. The number of carbonyl (C=O) groups is 4. The van der Waals surface area contributed by atoms with Gasteiger partial charge in [0.15, 0.2) is 0 Å². The van der Waals surface area contributed by atoms with E-state index in [1.807, 2.05) is 37.3 Å². The second-order valence-corrected chi connectivity index (χ2v) is 13.6. The number of imide groups is 1. The molecule has 12 nitrogen and oxygen atoms in total. The van der Waals surface area contributed by atoms with Crippen molar-refractivity contribution in [1.29, 1.82) is 0 Å². The zero-order chi connectivity index (χ0) is 35.0. The predicted molar refractivity (Wildman–Crippen MR) is 184 cm³/mol. The Morgan fingerprint density at radius 3 is 2.40 bits per heavy atom. The van der Waals surface area contributed by atoms with Crippen LogP contribution >= 0.6 is 0 Å². The highest BCUT2D eigenvalue weighted by Crippen LogP contribution is 2.26. The first kappa shape index (κ1) is 36.4. The van der Waals surface area contributed by atoms with Crippen molar-refractivity contribution < 1.29 is 30.1 Å². The normalized spacial score (nSPS) is 16.4. The first-order valence-corrected chi connectivity index (χ1v) is 16.7. The zero-order valence-corrected chi connectivity index (χ0v) is 28.7. The summed E-state index contributed by atoms with van der Waals surface area (Å²) in [4.78, 5) is 61.1. The second kappa shape index (κ2) is 16.1. The van der Waals surface area contributed by atoms with E-state index in [0.717, 1.165) is 48.7 Å². The minimum atomic E-state index is -0.693. The van der Waals surface area contributed by atoms with Gasteiger partial charge < -0.3 is 20.5 Å². The lowest BCUT2D eigenvalue weighted by Gasteiger charge is -2.27. The molecule has 2 heterocycles. The molecule has 1 aromatic heterocycles. The zero-order valence-electron chi connectivity index (χ0n) is 28.7. The number of unbranched alkanes of at least 4 members (excludes halogenated alkanes) is 2. The van der Waals surface area contributed by atoms with Crippen LogP contribution in [0.15, 0.2) is 47.3 Å². The van der Waals surface area contributed by atoms with Crippen LogP contribution in [0.1, 0.15) is 96.8 Å². The summed E-state index contributed by atoms with van der Waals surface area (Å²) in [5, 5.41) is 5.17. The number of ether oxygens (including phenoxy) is 2. The van der Waals surface area contributed by atoms with Gasteiger partial charge in [0.1, 0.15) is 11.6 Å². The molecule has 1 saturated heterocycles. The van der Waals surface area contributed by atoms with Gasteiger partial charge in [-0.1, -0.05) is 42.8 Å². The SMILES string of the molecule is C[C@@H](OCc1ccc(CCCCCc2cccc3c2n(C)c(=O)n3C2CCC(=O)NC2=O)cc1)[C@H](CCC(N)=O)NC(=O)OC(C)(C)C.[HH]. The number of para-hydroxylation sites is 1. The molecule has 2 aromatic carbocycles. The lowest BCUT2D eigenvalue weighted by Crippen LogP contribution is -2.45. The number of nitrogens with zero attached hydrogens (tertiary/aromatic N) is 2. The van der Waals surface area contributed by atoms with Crippen LogP contribution in [0.25, 0.3) is 11.0 Å². The molecule has 3 atom stereocenters. The third kappa shape index (κ3) is 9.79. The molecular weight excluding hydrogens is 614 g/mol. The quantitative estimate of drug-likeness (QED) is 0.158. The highest BCUT2D eigenvalue weighted by Gasteiger charge is 2.31. The van der Waals surface area contributed by atoms with Gasteiger partial charge in [-0.05, 0) is 89.0 Å². The van der Waals surface area contributed by atoms with Crippen LogP contribution in [0.4, 0.5) is 4.79 Å². The van der Waals surface area contributed by atoms with E-state index >= 15 is 0 Å². The van der Waals surface area contributed by atoms with Crippen molar-refractivity contribution in [1.82, 2.24) is 19.8 Å². The van der Waals surface area contributed by atoms with Crippen molar-refractivity contribution in [3.8, 4) is 0 Å². The topological polar surface area (TPSA) is 164 Å². The summed E-state index contributed by atoms with van der Waals surface area (Å²) in [5.41, 5.74) is 9.28. The fraction of sp³-hybridized carbons (Fsp3) is 0.528. The molecule has 4 rings (SSSR count). The molecule has 262 valence electrons. The molecule has 0 radical (unpaired) electrons. The molecule has 0 aliphatic carbocycles. The van der Waals surface area contributed by atoms with Gasteiger partial charge in [-0.25, -0.2) is 9.59 Å². The molecule has 4 amide bonds. The van der Waals surface area contributed by atoms with E-state index < -0.39 is 35.6 Å². The largest absolute Gasteiger partial charge is 0.444 e. The Hall–Kier alpha value is -4.45. The number of fused-ring (bicyclic) bond motifs is 1. The number of hydrogen-bond acceptors (Lipinski definition) is 7. The average molecular weight is 666 g/mol. The Kier molecular flexibility index (Phi) is 12.2. The number of hydrogen-bond donors (Lipinski definition) is 3. The Labute approximate surface area is 282 Å². The minimum absolute atomic E-state index is 0. The van der Waals surface area contributed by atoms with E-state index in [4.69, 9.17) is 15.2 Å². The smallest absolute Gasteiger partial charge is 0.407 e. The van der Waals surface area contributed by atoms with Crippen molar-refractivity contribution >= 4 is 34.8 Å². The average Bonchev–Trinajstić information content (AvgIpc) is 3.27. The van der Waals surface area contributed by atoms with E-state index in [1.165, 1.54) is 10.1 Å². The molecule has 4 N–H and O–H groups in total. The Morgan fingerprint density at radius 1 is 1.04 bits per heavy atom. The number of nitrogens with two attached hydrogens (primary N) is 1. The number of primary amides is 1. The molecule has 3 aromatic rings. The summed E-state index contributed by atoms with van der Waals surface area (Å²) < 4.78 is 14.6. The van der Waals surface area contributed by atoms with Gasteiger partial charge in [0, 0.05) is 21.3 Å². The highest BCUT2D eigenvalue weighted by molar-refractivity contribution is 6.00. The Bertz CT molecular complexity index is 1680. The van der Waals surface area contributed by atoms with Crippen LogP contribution in [0.3, 0.4) is 0 Å². The van der Waals surface area contributed by atoms with E-state index in [9.17, 15) is 24.0 Å². The monoisotopic (exact) mass is 665 g/mol. The molecule has 1 fully saturated rings. The molecule has 1 aliphatic rings. The van der Waals surface area contributed by atoms with Gasteiger partial charge in [0.2, 0.25) is 17.7 Å². The van der Waals surface area contributed by atoms with Gasteiger partial charge >= 0.3 is 11.8 Å². The molecule has 0 spiro atoms. The van der Waals surface area contributed by atoms with Gasteiger partial charge in [-0.2, -0.15) is 0 Å². The first-order valence-electron chi connectivity index (χ1n) is 16.7. The number of nitrogens with one attached hydrogen (secondary N) is 2. The maximum atomic E-state index is 13.2. The number of alkyl carbamates (subject to hydrolysis) is 1. The number of aryl methyl sites for hydroxylation is 3. The molecule has 0 bridgehead atoms. The van der Waals surface area contributed by atoms with E-state index in [1.54, 1.807) is 32.4 Å². The minimum Gasteiger partial charge on any atom is -0.444 e. The standard InChI is InChI=1S/C36H49N5O7.H2/c1-23(27(18-20-30(37)42)38-34(45)48-36(2,3)4)47-22-25-16-14-24(15-17-25)10-7-6-8-11-26-12-9-13-28-32(26)40(5)35(46)41(28)29-19-21-31(43)39-33(29)44;/h9,12-17,23,27,29H,6-8,10-11,18-22H2,1-5H3,(H2,37,42)(H,38,45)(H,39,43,44);1H/t23-,27+,29?;/m1./s1. The van der Waals surface area contributed by atoms with E-state index in [0.29, 0.717) is 25.0 Å². The van der Waals surface area contributed by atoms with Crippen LogP contribution in [0.2, 0.25) is 0 Å². The first-order chi connectivity index (χ1) is 22.7. The Balaban J connectivity index is 0.00000650. The van der Waals surface area contributed by atoms with E-state index in [-0.39, 0.29) is 32.0 Å². The summed E-state index contributed by atoms with van der Waals surface area (Å²) in [6.45, 7) is 7.56. The second-order valence-electron chi connectivity index (χ2n) is 13.6. The lowest BCUT2D eigenvalue weighted by atomic mass is 10.0. The van der Waals surface area contributed by atoms with Crippen LogP contribution in [-0.4, -0.2) is 50.7 Å². The third-order valence-electron chi connectivity index (χ3n) is 8.63. The number of imidazole rings is 1. The number of piperidine rings is 1. The summed E-state index contributed by atoms with van der Waals surface area (Å²) in [5.74, 6) is -1.18. The predicted octanol–water partition coefficient (Wildman–Crippen LogP) is 4.58. The fourth-order valence-electron chi connectivity index (χ4n) is 6.10. The molecule has 1 unspecified atom stereocenters. The fourth-order valence-corrected chi connectivity index (χ4v) is 6.10. The van der Waals surface area contributed by atoms with Crippen LogP contribution < -0.4 is 22.1 Å². The number of carbonyl (C=O) groups excluding carboxylic acids is 4. The highest BCUT2D eigenvalue weighted by atomic mass is 16.6. The number of aromatic nitrogens is 2. The number of rotatable bonds is 15. The van der Waals surface area contributed by atoms with Crippen molar-refractivity contribution in [2.75, 3.05) is 0 Å². The maximum absolute atomic E-state index is 13.2. The maximum Gasteiger partial charge on any atom is 0.407 e. The number of amides is 4. The van der Waals surface area contributed by atoms with Gasteiger partial charge in [0.25, 0.3) is 0 Å². The van der Waals surface area contributed by atoms with Crippen molar-refractivity contribution in [3.63, 3.8) is 0 Å². The summed E-state index contributed by atoms with van der Waals surface area (Å²) in [6, 6.07) is 13.0. The van der Waals surface area contributed by atoms with Gasteiger partial charge in [-0.3, -0.25) is 28.8 Å². The van der Waals surface area contributed by atoms with Crippen LogP contribution in [0, 0.1) is 0 Å². The molecular formula is C36H51N5O7. The van der Waals surface area contributed by atoms with Gasteiger partial charge in [-0.15, -0.1) is 0 Å². The molecule has 1 aliphatic heterocycles. The third-order valence-corrected chi connectivity index (χ3v) is 8.63. The van der Waals surface area contributed by atoms with Crippen LogP contribution in [-0.2, 0) is 50.4 Å². The number of benzene rings is 2. The summed E-state index contributed by atoms with van der Waals surface area (Å²) >= 11 is 0. The molecule has 48 heavy (non-hydrogen) atoms. The molecule has 12 heteroatoms. The van der Waals surface area contributed by atoms with Crippen molar-refractivity contribution in [2.45, 2.75) is 116 Å². The summed E-state index contributed by atoms with van der Waals surface area (Å²) in [6.07, 6.45) is 4.76. The summed E-state index contributed by atoms with van der Waals surface area (Å²) in [7, 11) is 1.73. The van der Waals surface area contributed by atoms with Crippen LogP contribution in [0.5, 0.6) is 0 Å². The van der Waals surface area contributed by atoms with E-state index in [2.05, 4.69) is 22.8 Å².